The molecule has 0 atom stereocenters. The van der Waals surface area contributed by atoms with Crippen LogP contribution in [0.25, 0.3) is 0 Å². The zero-order valence-corrected chi connectivity index (χ0v) is 8.69. The second-order valence-electron chi connectivity index (χ2n) is 2.67. The van der Waals surface area contributed by atoms with E-state index in [9.17, 15) is 0 Å². The molecule has 1 aromatic heterocycles. The van der Waals surface area contributed by atoms with Crippen LogP contribution in [-0.4, -0.2) is 23.1 Å². The molecule has 0 aliphatic carbocycles. The molecule has 0 spiro atoms. The molecule has 1 rings (SSSR count). The van der Waals surface area contributed by atoms with Crippen molar-refractivity contribution < 1.29 is 0 Å². The van der Waals surface area contributed by atoms with Crippen LogP contribution in [0, 0.1) is 4.77 Å². The van der Waals surface area contributed by atoms with E-state index in [1.54, 1.807) is 6.07 Å². The van der Waals surface area contributed by atoms with Gasteiger partial charge in [0.15, 0.2) is 4.77 Å². The molecule has 13 heavy (non-hydrogen) atoms. The Morgan fingerprint density at radius 2 is 2.15 bits per heavy atom. The molecule has 5 heteroatoms. The van der Waals surface area contributed by atoms with Crippen molar-refractivity contribution in [2.24, 2.45) is 0 Å². The standard InChI is InChI=1S/C8H14N4S/c1-3-12(4-2)7-5-6(9)10-8(13)11-7/h5H,3-4H2,1-2H3,(H3,9,10,11,13). The third-order valence-corrected chi connectivity index (χ3v) is 2.03. The zero-order valence-electron chi connectivity index (χ0n) is 7.87. The van der Waals surface area contributed by atoms with Crippen molar-refractivity contribution in [3.05, 3.63) is 10.8 Å². The molecule has 0 bridgehead atoms. The minimum absolute atomic E-state index is 0.432. The lowest BCUT2D eigenvalue weighted by Gasteiger charge is -2.19. The summed E-state index contributed by atoms with van der Waals surface area (Å²) in [6, 6.07) is 1.79. The van der Waals surface area contributed by atoms with Crippen molar-refractivity contribution in [3.8, 4) is 0 Å². The first kappa shape index (κ1) is 9.98. The molecule has 4 nitrogen and oxygen atoms in total. The lowest BCUT2D eigenvalue weighted by molar-refractivity contribution is 0.840. The molecule has 1 heterocycles. The zero-order chi connectivity index (χ0) is 9.84. The van der Waals surface area contributed by atoms with E-state index < -0.39 is 0 Å². The van der Waals surface area contributed by atoms with E-state index in [0.29, 0.717) is 10.6 Å². The summed E-state index contributed by atoms with van der Waals surface area (Å²) < 4.78 is 0.432. The highest BCUT2D eigenvalue weighted by Crippen LogP contribution is 2.11. The maximum Gasteiger partial charge on any atom is 0.200 e. The number of anilines is 2. The number of nitrogens with one attached hydrogen (secondary N) is 1. The molecule has 3 N–H and O–H groups in total. The number of nitrogens with two attached hydrogens (primary N) is 1. The number of aromatic nitrogens is 2. The fourth-order valence-electron chi connectivity index (χ4n) is 1.17. The molecule has 0 fully saturated rings. The fourth-order valence-corrected chi connectivity index (χ4v) is 1.38. The minimum atomic E-state index is 0.432. The lowest BCUT2D eigenvalue weighted by atomic mass is 10.4. The summed E-state index contributed by atoms with van der Waals surface area (Å²) in [7, 11) is 0. The quantitative estimate of drug-likeness (QED) is 0.724. The topological polar surface area (TPSA) is 57.9 Å². The van der Waals surface area contributed by atoms with E-state index in [1.807, 2.05) is 0 Å². The molecule has 1 aromatic rings. The first-order valence-electron chi connectivity index (χ1n) is 4.29. The molecular weight excluding hydrogens is 184 g/mol. The Kier molecular flexibility index (Phi) is 3.25. The van der Waals surface area contributed by atoms with Crippen LogP contribution in [0.1, 0.15) is 13.8 Å². The predicted octanol–water partition coefficient (Wildman–Crippen LogP) is 1.57. The van der Waals surface area contributed by atoms with Crippen LogP contribution in [0.15, 0.2) is 6.07 Å². The van der Waals surface area contributed by atoms with Crippen LogP contribution in [0.3, 0.4) is 0 Å². The first-order chi connectivity index (χ1) is 6.17. The molecule has 72 valence electrons. The number of H-pyrrole nitrogens is 1. The number of aromatic amines is 1. The Bertz CT molecular complexity index is 329. The predicted molar refractivity (Wildman–Crippen MR) is 57.4 cm³/mol. The lowest BCUT2D eigenvalue weighted by Crippen LogP contribution is -2.23. The van der Waals surface area contributed by atoms with E-state index in [4.69, 9.17) is 18.0 Å². The van der Waals surface area contributed by atoms with Gasteiger partial charge in [-0.25, -0.2) is 4.98 Å². The molecule has 0 amide bonds. The van der Waals surface area contributed by atoms with Gasteiger partial charge >= 0.3 is 0 Å². The largest absolute Gasteiger partial charge is 0.385 e. The first-order valence-corrected chi connectivity index (χ1v) is 4.70. The third-order valence-electron chi connectivity index (χ3n) is 1.84. The second-order valence-corrected chi connectivity index (χ2v) is 3.06. The van der Waals surface area contributed by atoms with E-state index in [-0.39, 0.29) is 0 Å². The Labute approximate surface area is 82.8 Å². The third kappa shape index (κ3) is 2.42. The van der Waals surface area contributed by atoms with Crippen molar-refractivity contribution in [1.82, 2.24) is 9.97 Å². The second kappa shape index (κ2) is 4.23. The highest BCUT2D eigenvalue weighted by atomic mass is 32.1. The number of nitrogen functional groups attached to an aromatic ring is 1. The van der Waals surface area contributed by atoms with E-state index in [2.05, 4.69) is 28.7 Å². The van der Waals surface area contributed by atoms with Crippen molar-refractivity contribution in [2.45, 2.75) is 13.8 Å². The van der Waals surface area contributed by atoms with Gasteiger partial charge < -0.3 is 15.6 Å². The van der Waals surface area contributed by atoms with Gasteiger partial charge in [-0.15, -0.1) is 0 Å². The Hall–Kier alpha value is -1.10. The molecule has 0 aromatic carbocycles. The van der Waals surface area contributed by atoms with E-state index in [0.717, 1.165) is 18.9 Å². The van der Waals surface area contributed by atoms with Crippen LogP contribution in [-0.2, 0) is 0 Å². The Morgan fingerprint density at radius 1 is 1.54 bits per heavy atom. The SMILES string of the molecule is CCN(CC)c1cc(N)[nH]c(=S)n1. The Balaban J connectivity index is 3.06. The number of hydrogen-bond acceptors (Lipinski definition) is 4. The van der Waals surface area contributed by atoms with Gasteiger partial charge in [-0.2, -0.15) is 0 Å². The van der Waals surface area contributed by atoms with Crippen LogP contribution in [0.4, 0.5) is 11.6 Å². The molecule has 0 aliphatic rings. The Morgan fingerprint density at radius 3 is 2.62 bits per heavy atom. The summed E-state index contributed by atoms with van der Waals surface area (Å²) in [5.74, 6) is 1.40. The number of nitrogens with zero attached hydrogens (tertiary/aromatic N) is 2. The van der Waals surface area contributed by atoms with Crippen LogP contribution < -0.4 is 10.6 Å². The van der Waals surface area contributed by atoms with Gasteiger partial charge in [0.25, 0.3) is 0 Å². The molecule has 0 unspecified atom stereocenters. The number of rotatable bonds is 3. The van der Waals surface area contributed by atoms with Gasteiger partial charge in [-0.3, -0.25) is 0 Å². The average molecular weight is 198 g/mol. The van der Waals surface area contributed by atoms with Crippen molar-refractivity contribution in [3.63, 3.8) is 0 Å². The van der Waals surface area contributed by atoms with Crippen molar-refractivity contribution >= 4 is 23.9 Å². The highest BCUT2D eigenvalue weighted by Gasteiger charge is 2.03. The van der Waals surface area contributed by atoms with Gasteiger partial charge in [0.05, 0.1) is 0 Å². The summed E-state index contributed by atoms with van der Waals surface area (Å²) in [5.41, 5.74) is 5.62. The van der Waals surface area contributed by atoms with Gasteiger partial charge in [0.1, 0.15) is 11.6 Å². The van der Waals surface area contributed by atoms with Gasteiger partial charge in [-0.05, 0) is 26.1 Å². The minimum Gasteiger partial charge on any atom is -0.385 e. The smallest absolute Gasteiger partial charge is 0.200 e. The van der Waals surface area contributed by atoms with Crippen LogP contribution in [0.2, 0.25) is 0 Å². The van der Waals surface area contributed by atoms with Gasteiger partial charge in [0.2, 0.25) is 0 Å². The number of hydrogen-bond donors (Lipinski definition) is 2. The van der Waals surface area contributed by atoms with Gasteiger partial charge in [0, 0.05) is 19.2 Å². The summed E-state index contributed by atoms with van der Waals surface area (Å²) in [6.07, 6.45) is 0. The maximum absolute atomic E-state index is 5.62. The molecule has 0 aliphatic heterocycles. The van der Waals surface area contributed by atoms with Crippen LogP contribution in [0.5, 0.6) is 0 Å². The van der Waals surface area contributed by atoms with Gasteiger partial charge in [-0.1, -0.05) is 0 Å². The monoisotopic (exact) mass is 198 g/mol. The van der Waals surface area contributed by atoms with E-state index >= 15 is 0 Å². The molecule has 0 saturated heterocycles. The van der Waals surface area contributed by atoms with Crippen molar-refractivity contribution in [2.75, 3.05) is 23.7 Å². The fraction of sp³-hybridized carbons (Fsp3) is 0.500. The summed E-state index contributed by atoms with van der Waals surface area (Å²) in [6.45, 7) is 5.95. The molecule has 0 saturated carbocycles. The molecular formula is C8H14N4S. The maximum atomic E-state index is 5.62. The molecule has 0 radical (unpaired) electrons. The summed E-state index contributed by atoms with van der Waals surface area (Å²) in [5, 5.41) is 0. The normalized spacial score (nSPS) is 10.0. The van der Waals surface area contributed by atoms with Crippen LogP contribution >= 0.6 is 12.2 Å². The van der Waals surface area contributed by atoms with Crippen molar-refractivity contribution in [1.29, 1.82) is 0 Å². The summed E-state index contributed by atoms with van der Waals surface area (Å²) in [4.78, 5) is 9.05. The highest BCUT2D eigenvalue weighted by molar-refractivity contribution is 7.71. The average Bonchev–Trinajstić information content (AvgIpc) is 2.04. The summed E-state index contributed by atoms with van der Waals surface area (Å²) >= 11 is 4.93. The van der Waals surface area contributed by atoms with E-state index in [1.165, 1.54) is 0 Å².